The van der Waals surface area contributed by atoms with Gasteiger partial charge in [-0.25, -0.2) is 9.75 Å². The number of rotatable bonds is 6. The van der Waals surface area contributed by atoms with Gasteiger partial charge in [0, 0.05) is 6.54 Å². The molecule has 0 bridgehead atoms. The number of carbonyl (C=O) groups excluding carboxylic acids is 1. The van der Waals surface area contributed by atoms with E-state index in [1.165, 1.54) is 6.33 Å². The molecule has 1 heterocycles. The van der Waals surface area contributed by atoms with Crippen molar-refractivity contribution in [1.29, 1.82) is 0 Å². The molecule has 1 amide bonds. The summed E-state index contributed by atoms with van der Waals surface area (Å²) in [6, 6.07) is 0. The number of aromatic nitrogens is 4. The number of hydroxylamine groups is 2. The van der Waals surface area contributed by atoms with Crippen LogP contribution in [-0.2, 0) is 15.9 Å². The number of tetrazole rings is 1. The fourth-order valence-electron chi connectivity index (χ4n) is 1.02. The summed E-state index contributed by atoms with van der Waals surface area (Å²) in [4.78, 5) is 28.5. The molecule has 17 heavy (non-hydrogen) atoms. The van der Waals surface area contributed by atoms with Crippen molar-refractivity contribution in [2.75, 3.05) is 12.7 Å². The van der Waals surface area contributed by atoms with Gasteiger partial charge in [-0.1, -0.05) is 0 Å². The van der Waals surface area contributed by atoms with Crippen LogP contribution in [0.4, 0.5) is 0 Å². The van der Waals surface area contributed by atoms with E-state index in [0.29, 0.717) is 5.06 Å². The topological polar surface area (TPSA) is 142 Å². The summed E-state index contributed by atoms with van der Waals surface area (Å²) in [5.74, 6) is -0.664. The first-order valence-corrected chi connectivity index (χ1v) is 6.43. The molecule has 0 spiro atoms. The lowest BCUT2D eigenvalue weighted by atomic mass is 10.4. The van der Waals surface area contributed by atoms with Gasteiger partial charge >= 0.3 is 7.60 Å². The Morgan fingerprint density at radius 1 is 1.47 bits per heavy atom. The van der Waals surface area contributed by atoms with Crippen molar-refractivity contribution in [2.45, 2.75) is 13.0 Å². The molecule has 96 valence electrons. The van der Waals surface area contributed by atoms with Gasteiger partial charge in [-0.3, -0.25) is 14.6 Å². The molecule has 0 saturated carbocycles. The number of hydrogen-bond acceptors (Lipinski definition) is 6. The first-order valence-electron chi connectivity index (χ1n) is 4.63. The van der Waals surface area contributed by atoms with Gasteiger partial charge in [0.2, 0.25) is 0 Å². The minimum atomic E-state index is -4.10. The van der Waals surface area contributed by atoms with Gasteiger partial charge in [0.05, 0.1) is 6.16 Å². The van der Waals surface area contributed by atoms with Crippen LogP contribution in [0.25, 0.3) is 0 Å². The van der Waals surface area contributed by atoms with Gasteiger partial charge in [-0.05, 0) is 16.8 Å². The van der Waals surface area contributed by atoms with Crippen LogP contribution in [0.1, 0.15) is 6.42 Å². The van der Waals surface area contributed by atoms with E-state index >= 15 is 0 Å². The van der Waals surface area contributed by atoms with E-state index in [1.807, 2.05) is 0 Å². The number of nitrogens with zero attached hydrogens (tertiary/aromatic N) is 5. The van der Waals surface area contributed by atoms with E-state index in [0.717, 1.165) is 4.68 Å². The van der Waals surface area contributed by atoms with E-state index in [1.54, 1.807) is 0 Å². The Hall–Kier alpha value is -1.35. The van der Waals surface area contributed by atoms with Crippen LogP contribution in [-0.4, -0.2) is 58.9 Å². The summed E-state index contributed by atoms with van der Waals surface area (Å²) in [5, 5.41) is 19.7. The Labute approximate surface area is 96.0 Å². The summed E-state index contributed by atoms with van der Waals surface area (Å²) in [5.41, 5.74) is 0. The molecule has 10 nitrogen and oxygen atoms in total. The zero-order chi connectivity index (χ0) is 12.9. The molecule has 0 aliphatic carbocycles. The minimum absolute atomic E-state index is 0.00211. The molecule has 3 N–H and O–H groups in total. The van der Waals surface area contributed by atoms with Gasteiger partial charge in [-0.2, -0.15) is 0 Å². The largest absolute Gasteiger partial charge is 0.325 e. The molecule has 0 fully saturated rings. The molecule has 11 heteroatoms. The Morgan fingerprint density at radius 3 is 2.71 bits per heavy atom. The zero-order valence-corrected chi connectivity index (χ0v) is 9.64. The molecule has 0 radical (unpaired) electrons. The first-order chi connectivity index (χ1) is 7.88. The van der Waals surface area contributed by atoms with Crippen LogP contribution in [0.2, 0.25) is 0 Å². The molecule has 0 aliphatic heterocycles. The van der Waals surface area contributed by atoms with Gasteiger partial charge < -0.3 is 9.79 Å². The van der Waals surface area contributed by atoms with E-state index in [2.05, 4.69) is 15.5 Å². The fraction of sp³-hybridized carbons (Fsp3) is 0.667. The second-order valence-electron chi connectivity index (χ2n) is 3.27. The average molecular weight is 265 g/mol. The zero-order valence-electron chi connectivity index (χ0n) is 8.75. The van der Waals surface area contributed by atoms with Crippen molar-refractivity contribution in [3.8, 4) is 0 Å². The second kappa shape index (κ2) is 5.82. The van der Waals surface area contributed by atoms with Crippen molar-refractivity contribution in [3.05, 3.63) is 6.33 Å². The number of carbonyl (C=O) groups is 1. The van der Waals surface area contributed by atoms with Gasteiger partial charge in [0.15, 0.2) is 0 Å². The van der Waals surface area contributed by atoms with Crippen LogP contribution >= 0.6 is 7.60 Å². The van der Waals surface area contributed by atoms with Crippen molar-refractivity contribution in [2.24, 2.45) is 0 Å². The summed E-state index contributed by atoms with van der Waals surface area (Å²) in [6.45, 7) is -0.397. The maximum absolute atomic E-state index is 11.3. The molecular formula is C6H12N5O5P. The van der Waals surface area contributed by atoms with Crippen LogP contribution in [0, 0.1) is 0 Å². The van der Waals surface area contributed by atoms with Crippen LogP contribution in [0.5, 0.6) is 0 Å². The summed E-state index contributed by atoms with van der Waals surface area (Å²) < 4.78 is 11.6. The molecule has 0 aliphatic rings. The normalized spacial score (nSPS) is 11.5. The molecular weight excluding hydrogens is 253 g/mol. The van der Waals surface area contributed by atoms with Gasteiger partial charge in [-0.15, -0.1) is 5.10 Å². The lowest BCUT2D eigenvalue weighted by Gasteiger charge is -2.14. The SMILES string of the molecule is O=C(Cn1cnnn1)N(O)CCCP(=O)(O)O. The minimum Gasteiger partial charge on any atom is -0.324 e. The number of hydrogen-bond donors (Lipinski definition) is 3. The highest BCUT2D eigenvalue weighted by molar-refractivity contribution is 7.51. The highest BCUT2D eigenvalue weighted by atomic mass is 31.2. The van der Waals surface area contributed by atoms with Gasteiger partial charge in [0.1, 0.15) is 12.9 Å². The van der Waals surface area contributed by atoms with Crippen molar-refractivity contribution in [1.82, 2.24) is 25.3 Å². The smallest absolute Gasteiger partial charge is 0.324 e. The highest BCUT2D eigenvalue weighted by Gasteiger charge is 2.16. The van der Waals surface area contributed by atoms with Crippen LogP contribution < -0.4 is 0 Å². The predicted molar refractivity (Wildman–Crippen MR) is 52.8 cm³/mol. The lowest BCUT2D eigenvalue weighted by Crippen LogP contribution is -2.32. The highest BCUT2D eigenvalue weighted by Crippen LogP contribution is 2.34. The van der Waals surface area contributed by atoms with E-state index < -0.39 is 13.5 Å². The Bertz CT molecular complexity index is 403. The summed E-state index contributed by atoms with van der Waals surface area (Å²) in [6.07, 6.45) is 0.825. The third-order valence-electron chi connectivity index (χ3n) is 1.80. The van der Waals surface area contributed by atoms with E-state index in [9.17, 15) is 14.6 Å². The maximum Gasteiger partial charge on any atom is 0.325 e. The van der Waals surface area contributed by atoms with E-state index in [-0.39, 0.29) is 25.7 Å². The Balaban J connectivity index is 2.30. The first kappa shape index (κ1) is 13.7. The molecule has 1 aromatic heterocycles. The Morgan fingerprint density at radius 2 is 2.18 bits per heavy atom. The van der Waals surface area contributed by atoms with Crippen molar-refractivity contribution < 1.29 is 24.4 Å². The molecule has 0 saturated heterocycles. The summed E-state index contributed by atoms with van der Waals surface area (Å²) in [7, 11) is -4.10. The van der Waals surface area contributed by atoms with Crippen LogP contribution in [0.15, 0.2) is 6.33 Å². The van der Waals surface area contributed by atoms with E-state index in [4.69, 9.17) is 9.79 Å². The fourth-order valence-corrected chi connectivity index (χ4v) is 1.58. The number of amides is 1. The second-order valence-corrected chi connectivity index (χ2v) is 5.04. The molecule has 1 rings (SSSR count). The van der Waals surface area contributed by atoms with Crippen LogP contribution in [0.3, 0.4) is 0 Å². The molecule has 0 unspecified atom stereocenters. The molecule has 0 aromatic carbocycles. The van der Waals surface area contributed by atoms with Crippen molar-refractivity contribution >= 4 is 13.5 Å². The predicted octanol–water partition coefficient (Wildman–Crippen LogP) is -1.54. The maximum atomic E-state index is 11.3. The third-order valence-corrected chi connectivity index (χ3v) is 2.69. The van der Waals surface area contributed by atoms with Gasteiger partial charge in [0.25, 0.3) is 5.91 Å². The molecule has 0 atom stereocenters. The van der Waals surface area contributed by atoms with Crippen molar-refractivity contribution in [3.63, 3.8) is 0 Å². The standard InChI is InChI=1S/C6H12N5O5P/c12-6(4-10-5-7-8-9-10)11(13)2-1-3-17(14,15)16/h5,13H,1-4H2,(H2,14,15,16). The molecule has 1 aromatic rings. The monoisotopic (exact) mass is 265 g/mol. The lowest BCUT2D eigenvalue weighted by molar-refractivity contribution is -0.166. The third kappa shape index (κ3) is 5.50. The Kier molecular flexibility index (Phi) is 4.70. The quantitative estimate of drug-likeness (QED) is 0.319. The summed E-state index contributed by atoms with van der Waals surface area (Å²) >= 11 is 0. The average Bonchev–Trinajstić information content (AvgIpc) is 2.68.